The molecule has 5 nitrogen and oxygen atoms in total. The van der Waals surface area contributed by atoms with Gasteiger partial charge in [-0.1, -0.05) is 37.5 Å². The average molecular weight is 481 g/mol. The maximum Gasteiger partial charge on any atom is 0.433 e. The number of imidazole rings is 1. The molecule has 2 aromatic heterocycles. The van der Waals surface area contributed by atoms with Gasteiger partial charge in [-0.3, -0.25) is 19.2 Å². The van der Waals surface area contributed by atoms with Crippen molar-refractivity contribution in [2.24, 2.45) is 10.9 Å². The maximum atomic E-state index is 13.4. The standard InChI is InChI=1S/C27H27F3N4O/c1-16-12-18(13-17(2)23(16)24(35)19-6-4-3-5-7-19)14-21-26-33-15-22(34(26)11-10-31-21)20-8-9-32-25(20)27(28,29)30/h8,10-13,15,19H,3-7,9,14H2,1-2H3. The maximum absolute atomic E-state index is 13.4. The van der Waals surface area contributed by atoms with E-state index in [0.29, 0.717) is 23.5 Å². The molecule has 3 aromatic rings. The highest BCUT2D eigenvalue weighted by atomic mass is 19.4. The molecule has 8 heteroatoms. The number of benzene rings is 1. The molecule has 1 aliphatic carbocycles. The second-order valence-electron chi connectivity index (χ2n) is 9.50. The van der Waals surface area contributed by atoms with Crippen molar-refractivity contribution in [3.63, 3.8) is 0 Å². The van der Waals surface area contributed by atoms with Crippen molar-refractivity contribution in [3.8, 4) is 0 Å². The summed E-state index contributed by atoms with van der Waals surface area (Å²) in [4.78, 5) is 25.7. The zero-order valence-electron chi connectivity index (χ0n) is 19.8. The van der Waals surface area contributed by atoms with E-state index in [-0.39, 0.29) is 23.8 Å². The van der Waals surface area contributed by atoms with Crippen LogP contribution in [0.3, 0.4) is 0 Å². The summed E-state index contributed by atoms with van der Waals surface area (Å²) in [7, 11) is 0. The molecule has 35 heavy (non-hydrogen) atoms. The fourth-order valence-corrected chi connectivity index (χ4v) is 5.48. The fraction of sp³-hybridized carbons (Fsp3) is 0.407. The molecule has 0 radical (unpaired) electrons. The number of allylic oxidation sites excluding steroid dienone is 1. The Hall–Kier alpha value is -3.29. The van der Waals surface area contributed by atoms with E-state index in [4.69, 9.17) is 0 Å². The topological polar surface area (TPSA) is 59.6 Å². The van der Waals surface area contributed by atoms with Gasteiger partial charge in [-0.25, -0.2) is 4.98 Å². The number of ketones is 1. The van der Waals surface area contributed by atoms with E-state index >= 15 is 0 Å². The van der Waals surface area contributed by atoms with Crippen molar-refractivity contribution >= 4 is 22.7 Å². The normalized spacial score (nSPS) is 17.1. The van der Waals surface area contributed by atoms with Gasteiger partial charge in [-0.05, 0) is 43.4 Å². The van der Waals surface area contributed by atoms with Gasteiger partial charge in [0.05, 0.1) is 24.1 Å². The first kappa shape index (κ1) is 23.5. The molecular formula is C27H27F3N4O. The minimum absolute atomic E-state index is 0.000168. The average Bonchev–Trinajstić information content (AvgIpc) is 3.46. The zero-order chi connectivity index (χ0) is 24.7. The van der Waals surface area contributed by atoms with Crippen molar-refractivity contribution in [1.82, 2.24) is 14.4 Å². The van der Waals surface area contributed by atoms with Crippen molar-refractivity contribution in [1.29, 1.82) is 0 Å². The van der Waals surface area contributed by atoms with Gasteiger partial charge in [0.25, 0.3) is 0 Å². The molecule has 0 atom stereocenters. The lowest BCUT2D eigenvalue weighted by atomic mass is 9.81. The number of hydrogen-bond donors (Lipinski definition) is 0. The lowest BCUT2D eigenvalue weighted by molar-refractivity contribution is -0.0571. The molecule has 0 saturated heterocycles. The molecular weight excluding hydrogens is 453 g/mol. The minimum atomic E-state index is -4.52. The molecule has 1 saturated carbocycles. The van der Waals surface area contributed by atoms with Crippen LogP contribution >= 0.6 is 0 Å². The van der Waals surface area contributed by atoms with Gasteiger partial charge in [0, 0.05) is 35.9 Å². The van der Waals surface area contributed by atoms with Gasteiger partial charge < -0.3 is 0 Å². The molecule has 1 fully saturated rings. The van der Waals surface area contributed by atoms with Crippen LogP contribution in [0.2, 0.25) is 0 Å². The van der Waals surface area contributed by atoms with E-state index in [0.717, 1.165) is 47.9 Å². The Morgan fingerprint density at radius 1 is 1.09 bits per heavy atom. The summed E-state index contributed by atoms with van der Waals surface area (Å²) in [6.07, 6.45) is 7.41. The zero-order valence-corrected chi connectivity index (χ0v) is 19.8. The molecule has 1 aromatic carbocycles. The molecule has 5 rings (SSSR count). The minimum Gasteiger partial charge on any atom is -0.297 e. The third kappa shape index (κ3) is 4.42. The predicted molar refractivity (Wildman–Crippen MR) is 129 cm³/mol. The van der Waals surface area contributed by atoms with Gasteiger partial charge >= 0.3 is 6.18 Å². The van der Waals surface area contributed by atoms with Gasteiger partial charge in [-0.2, -0.15) is 13.2 Å². The highest BCUT2D eigenvalue weighted by Crippen LogP contribution is 2.33. The SMILES string of the molecule is Cc1cc(Cc2nccn3c(C4=CCN=C4C(F)(F)F)cnc23)cc(C)c1C(=O)C1CCCCC1. The number of aromatic nitrogens is 3. The fourth-order valence-electron chi connectivity index (χ4n) is 5.48. The van der Waals surface area contributed by atoms with Crippen LogP contribution in [0.4, 0.5) is 13.2 Å². The van der Waals surface area contributed by atoms with Crippen LogP contribution in [-0.2, 0) is 6.42 Å². The number of alkyl halides is 3. The van der Waals surface area contributed by atoms with E-state index in [1.165, 1.54) is 18.7 Å². The summed E-state index contributed by atoms with van der Waals surface area (Å²) in [6.45, 7) is 3.94. The first-order valence-electron chi connectivity index (χ1n) is 12.0. The Kier molecular flexibility index (Phi) is 6.07. The lowest BCUT2D eigenvalue weighted by Gasteiger charge is -2.22. The van der Waals surface area contributed by atoms with Crippen LogP contribution in [-0.4, -0.2) is 38.6 Å². The Morgan fingerprint density at radius 3 is 2.49 bits per heavy atom. The molecule has 0 amide bonds. The monoisotopic (exact) mass is 480 g/mol. The number of fused-ring (bicyclic) bond motifs is 1. The first-order valence-corrected chi connectivity index (χ1v) is 12.0. The van der Waals surface area contributed by atoms with Crippen LogP contribution in [0, 0.1) is 19.8 Å². The smallest absolute Gasteiger partial charge is 0.297 e. The van der Waals surface area contributed by atoms with Crippen molar-refractivity contribution < 1.29 is 18.0 Å². The summed E-state index contributed by atoms with van der Waals surface area (Å²) in [5.74, 6) is 0.358. The lowest BCUT2D eigenvalue weighted by Crippen LogP contribution is -2.23. The van der Waals surface area contributed by atoms with Crippen LogP contribution in [0.15, 0.2) is 41.8 Å². The Labute approximate surface area is 201 Å². The number of carbonyl (C=O) groups excluding carboxylic acids is 1. The number of carbonyl (C=O) groups is 1. The van der Waals surface area contributed by atoms with Crippen LogP contribution in [0.1, 0.15) is 70.5 Å². The second-order valence-corrected chi connectivity index (χ2v) is 9.50. The van der Waals surface area contributed by atoms with Crippen molar-refractivity contribution in [2.45, 2.75) is 58.5 Å². The third-order valence-electron chi connectivity index (χ3n) is 7.03. The molecule has 2 aliphatic rings. The number of aliphatic imine (C=N–C) groups is 1. The Balaban J connectivity index is 1.45. The predicted octanol–water partition coefficient (Wildman–Crippen LogP) is 6.10. The number of rotatable bonds is 5. The van der Waals surface area contributed by atoms with Crippen LogP contribution in [0.5, 0.6) is 0 Å². The highest BCUT2D eigenvalue weighted by Gasteiger charge is 2.40. The van der Waals surface area contributed by atoms with E-state index in [1.54, 1.807) is 16.8 Å². The number of nitrogens with zero attached hydrogens (tertiary/aromatic N) is 4. The van der Waals surface area contributed by atoms with Crippen molar-refractivity contribution in [3.05, 3.63) is 70.4 Å². The number of hydrogen-bond acceptors (Lipinski definition) is 4. The summed E-state index contributed by atoms with van der Waals surface area (Å²) in [5, 5.41) is 0. The molecule has 0 bridgehead atoms. The second kappa shape index (κ2) is 9.06. The van der Waals surface area contributed by atoms with E-state index < -0.39 is 11.9 Å². The number of Topliss-reactive ketones (excluding diaryl/α,β-unsaturated/α-hetero) is 1. The van der Waals surface area contributed by atoms with E-state index in [1.807, 2.05) is 26.0 Å². The Bertz CT molecular complexity index is 1340. The number of halogens is 3. The summed E-state index contributed by atoms with van der Waals surface area (Å²) in [6, 6.07) is 4.04. The quantitative estimate of drug-likeness (QED) is 0.415. The Morgan fingerprint density at radius 2 is 1.80 bits per heavy atom. The molecule has 0 unspecified atom stereocenters. The largest absolute Gasteiger partial charge is 0.433 e. The molecule has 182 valence electrons. The summed E-state index contributed by atoms with van der Waals surface area (Å²) >= 11 is 0. The van der Waals surface area contributed by atoms with Gasteiger partial charge in [0.1, 0.15) is 5.71 Å². The molecule has 0 spiro atoms. The number of aryl methyl sites for hydroxylation is 2. The highest BCUT2D eigenvalue weighted by molar-refractivity contribution is 6.27. The van der Waals surface area contributed by atoms with Gasteiger partial charge in [0.15, 0.2) is 11.4 Å². The molecule has 3 heterocycles. The summed E-state index contributed by atoms with van der Waals surface area (Å²) < 4.78 is 41.9. The van der Waals surface area contributed by atoms with Gasteiger partial charge in [-0.15, -0.1) is 0 Å². The van der Waals surface area contributed by atoms with E-state index in [2.05, 4.69) is 15.0 Å². The third-order valence-corrected chi connectivity index (χ3v) is 7.03. The van der Waals surface area contributed by atoms with E-state index in [9.17, 15) is 18.0 Å². The van der Waals surface area contributed by atoms with Crippen molar-refractivity contribution in [2.75, 3.05) is 6.54 Å². The van der Waals surface area contributed by atoms with Gasteiger partial charge in [0.2, 0.25) is 0 Å². The van der Waals surface area contributed by atoms with Crippen LogP contribution < -0.4 is 0 Å². The summed E-state index contributed by atoms with van der Waals surface area (Å²) in [5.41, 5.74) is 4.40. The molecule has 1 aliphatic heterocycles. The van der Waals surface area contributed by atoms with Crippen LogP contribution in [0.25, 0.3) is 11.2 Å². The molecule has 0 N–H and O–H groups in total. The first-order chi connectivity index (χ1) is 16.7.